The molecule has 1 aliphatic heterocycles. The lowest BCUT2D eigenvalue weighted by Crippen LogP contribution is -2.42. The van der Waals surface area contributed by atoms with E-state index in [1.807, 2.05) is 91.8 Å². The van der Waals surface area contributed by atoms with Crippen molar-refractivity contribution < 1.29 is 4.79 Å². The van der Waals surface area contributed by atoms with Gasteiger partial charge in [0.05, 0.1) is 12.7 Å². The van der Waals surface area contributed by atoms with Crippen molar-refractivity contribution >= 4 is 40.5 Å². The molecule has 2 aromatic carbocycles. The maximum absolute atomic E-state index is 14.2. The van der Waals surface area contributed by atoms with E-state index in [4.69, 9.17) is 16.6 Å². The van der Waals surface area contributed by atoms with Crippen molar-refractivity contribution in [1.82, 2.24) is 10.2 Å². The summed E-state index contributed by atoms with van der Waals surface area (Å²) < 4.78 is 0. The summed E-state index contributed by atoms with van der Waals surface area (Å²) in [6.45, 7) is 18.4. The molecule has 0 bridgehead atoms. The van der Waals surface area contributed by atoms with Crippen LogP contribution in [0.15, 0.2) is 75.2 Å². The number of rotatable bonds is 8. The molecule has 1 heterocycles. The van der Waals surface area contributed by atoms with Crippen LogP contribution in [-0.2, 0) is 17.8 Å². The van der Waals surface area contributed by atoms with Gasteiger partial charge in [-0.05, 0) is 70.2 Å². The first-order valence-corrected chi connectivity index (χ1v) is 16.0. The molecule has 1 saturated carbocycles. The molecule has 0 saturated heterocycles. The predicted molar refractivity (Wildman–Crippen MR) is 187 cm³/mol. The average molecular weight is 604 g/mol. The number of aryl methyl sites for hydroxylation is 1. The Morgan fingerprint density at radius 3 is 2.33 bits per heavy atom. The third-order valence-corrected chi connectivity index (χ3v) is 7.08. The number of carbonyl (C=O) groups is 1. The van der Waals surface area contributed by atoms with E-state index in [0.717, 1.165) is 28.8 Å². The second-order valence-electron chi connectivity index (χ2n) is 10.2. The summed E-state index contributed by atoms with van der Waals surface area (Å²) in [5, 5.41) is 4.01. The molecule has 1 N–H and O–H groups in total. The minimum Gasteiger partial charge on any atom is -0.293 e. The van der Waals surface area contributed by atoms with Crippen LogP contribution in [-0.4, -0.2) is 47.4 Å². The number of amides is 1. The van der Waals surface area contributed by atoms with E-state index in [1.54, 1.807) is 11.9 Å². The molecular weight excluding hydrogens is 554 g/mol. The fraction of sp³-hybridized carbons (Fsp3) is 0.444. The van der Waals surface area contributed by atoms with Crippen LogP contribution >= 0.6 is 11.6 Å². The van der Waals surface area contributed by atoms with Crippen LogP contribution in [0.1, 0.15) is 97.4 Å². The van der Waals surface area contributed by atoms with Crippen molar-refractivity contribution in [3.8, 4) is 0 Å². The topological polar surface area (TPSA) is 69.4 Å². The number of hydrogen-bond acceptors (Lipinski definition) is 4. The number of carbonyl (C=O) groups excluding carboxylic acids is 1. The van der Waals surface area contributed by atoms with Crippen LogP contribution in [0.25, 0.3) is 5.57 Å². The Morgan fingerprint density at radius 1 is 1.09 bits per heavy atom. The maximum atomic E-state index is 14.2. The highest BCUT2D eigenvalue weighted by Crippen LogP contribution is 2.33. The molecule has 232 valence electrons. The van der Waals surface area contributed by atoms with Crippen LogP contribution in [0.3, 0.4) is 0 Å². The summed E-state index contributed by atoms with van der Waals surface area (Å²) >= 11 is 6.81. The highest BCUT2D eigenvalue weighted by molar-refractivity contribution is 6.37. The molecule has 0 radical (unpaired) electrons. The van der Waals surface area contributed by atoms with Crippen molar-refractivity contribution in [3.05, 3.63) is 87.5 Å². The van der Waals surface area contributed by atoms with Crippen LogP contribution in [0.2, 0.25) is 5.02 Å². The lowest BCUT2D eigenvalue weighted by Gasteiger charge is -2.31. The van der Waals surface area contributed by atoms with E-state index < -0.39 is 0 Å². The molecule has 4 rings (SSSR count). The third-order valence-electron chi connectivity index (χ3n) is 6.77. The Morgan fingerprint density at radius 2 is 1.77 bits per heavy atom. The van der Waals surface area contributed by atoms with Gasteiger partial charge in [0.25, 0.3) is 5.91 Å². The van der Waals surface area contributed by atoms with Gasteiger partial charge in [-0.1, -0.05) is 88.7 Å². The summed E-state index contributed by atoms with van der Waals surface area (Å²) in [4.78, 5) is 29.8. The first kappa shape index (κ1) is 35.8. The Balaban J connectivity index is 0.00000155. The largest absolute Gasteiger partial charge is 0.293 e. The second kappa shape index (κ2) is 17.7. The minimum atomic E-state index is -0.124. The molecule has 1 fully saturated rings. The fourth-order valence-electron chi connectivity index (χ4n) is 4.65. The molecule has 0 aromatic heterocycles. The number of nitrogens with zero attached hydrogens (tertiary/aromatic N) is 4. The lowest BCUT2D eigenvalue weighted by atomic mass is 9.95. The molecule has 6 nitrogen and oxygen atoms in total. The van der Waals surface area contributed by atoms with E-state index in [0.29, 0.717) is 40.4 Å². The van der Waals surface area contributed by atoms with Gasteiger partial charge >= 0.3 is 0 Å². The summed E-state index contributed by atoms with van der Waals surface area (Å²) in [5.41, 5.74) is 6.11. The van der Waals surface area contributed by atoms with Crippen LogP contribution in [0, 0.1) is 0 Å². The molecule has 1 unspecified atom stereocenters. The summed E-state index contributed by atoms with van der Waals surface area (Å²) in [7, 11) is 1.71. The molecule has 2 aliphatic rings. The normalized spacial score (nSPS) is 17.5. The number of amidine groups is 2. The molecule has 1 atom stereocenters. The van der Waals surface area contributed by atoms with Crippen molar-refractivity contribution in [2.75, 3.05) is 7.05 Å². The zero-order valence-electron chi connectivity index (χ0n) is 27.8. The SMILES string of the molecule is C/C=C1/C=C(c2ccc(C(N=C(C)C)=NC)cc2Cl)C(=O)N(Cc2cccc(CC)c2)/C1=N/C(C)NC1CC1.CC.CC. The van der Waals surface area contributed by atoms with E-state index in [9.17, 15) is 4.79 Å². The number of halogens is 1. The monoisotopic (exact) mass is 603 g/mol. The number of aliphatic imine (C=N–C) groups is 3. The highest BCUT2D eigenvalue weighted by atomic mass is 35.5. The van der Waals surface area contributed by atoms with Gasteiger partial charge in [0.15, 0.2) is 5.84 Å². The predicted octanol–water partition coefficient (Wildman–Crippen LogP) is 8.68. The van der Waals surface area contributed by atoms with Gasteiger partial charge in [0, 0.05) is 46.1 Å². The molecule has 2 aromatic rings. The maximum Gasteiger partial charge on any atom is 0.260 e. The first-order chi connectivity index (χ1) is 20.7. The first-order valence-electron chi connectivity index (χ1n) is 15.6. The van der Waals surface area contributed by atoms with E-state index >= 15 is 0 Å². The standard InChI is InChI=1S/C32H38ClN5O.2C2H6/c1-7-22-10-9-11-23(16-22)19-38-31(37-21(5)36-26-13-14-26)24(8-2)17-28(32(38)39)27-15-12-25(18-29(27)33)30(34-6)35-20(3)4;2*1-2/h8-12,15-18,21,26,36H,7,13-14,19H2,1-6H3;2*1-2H3/b24-8-,34-30?,37-31+;;. The molecule has 7 heteroatoms. The van der Waals surface area contributed by atoms with Gasteiger partial charge in [-0.2, -0.15) is 0 Å². The van der Waals surface area contributed by atoms with Crippen molar-refractivity contribution in [2.24, 2.45) is 15.0 Å². The van der Waals surface area contributed by atoms with Gasteiger partial charge in [-0.3, -0.25) is 20.0 Å². The Bertz CT molecular complexity index is 1390. The molecular formula is C36H50ClN5O. The van der Waals surface area contributed by atoms with Crippen molar-refractivity contribution in [3.63, 3.8) is 0 Å². The molecule has 0 spiro atoms. The Hall–Kier alpha value is -3.35. The van der Waals surface area contributed by atoms with Crippen molar-refractivity contribution in [1.29, 1.82) is 0 Å². The van der Waals surface area contributed by atoms with Crippen LogP contribution in [0.4, 0.5) is 0 Å². The number of nitrogens with one attached hydrogen (secondary N) is 1. The van der Waals surface area contributed by atoms with Gasteiger partial charge < -0.3 is 0 Å². The molecule has 1 aliphatic carbocycles. The Labute approximate surface area is 264 Å². The Kier molecular flexibility index (Phi) is 14.7. The van der Waals surface area contributed by atoms with Crippen LogP contribution in [0.5, 0.6) is 0 Å². The molecule has 43 heavy (non-hydrogen) atoms. The summed E-state index contributed by atoms with van der Waals surface area (Å²) in [5.74, 6) is 1.15. The summed E-state index contributed by atoms with van der Waals surface area (Å²) in [6, 6.07) is 14.5. The number of allylic oxidation sites excluding steroid dienone is 1. The minimum absolute atomic E-state index is 0.105. The summed E-state index contributed by atoms with van der Waals surface area (Å²) in [6.07, 6.45) is 7.09. The second-order valence-corrected chi connectivity index (χ2v) is 10.6. The van der Waals surface area contributed by atoms with Gasteiger partial charge in [0.1, 0.15) is 5.84 Å². The van der Waals surface area contributed by atoms with Gasteiger partial charge in [-0.25, -0.2) is 9.98 Å². The van der Waals surface area contributed by atoms with E-state index in [-0.39, 0.29) is 12.1 Å². The van der Waals surface area contributed by atoms with Gasteiger partial charge in [0.2, 0.25) is 0 Å². The fourth-order valence-corrected chi connectivity index (χ4v) is 4.93. The smallest absolute Gasteiger partial charge is 0.260 e. The number of hydrogen-bond donors (Lipinski definition) is 1. The van der Waals surface area contributed by atoms with E-state index in [2.05, 4.69) is 40.4 Å². The zero-order chi connectivity index (χ0) is 32.1. The number of benzene rings is 2. The van der Waals surface area contributed by atoms with E-state index in [1.165, 1.54) is 18.4 Å². The zero-order valence-corrected chi connectivity index (χ0v) is 28.5. The van der Waals surface area contributed by atoms with Crippen LogP contribution < -0.4 is 5.32 Å². The van der Waals surface area contributed by atoms with Crippen molar-refractivity contribution in [2.45, 2.75) is 100 Å². The highest BCUT2D eigenvalue weighted by Gasteiger charge is 2.33. The quantitative estimate of drug-likeness (QED) is 0.242. The molecule has 1 amide bonds. The van der Waals surface area contributed by atoms with Gasteiger partial charge in [-0.15, -0.1) is 0 Å². The average Bonchev–Trinajstić information content (AvgIpc) is 3.84. The third kappa shape index (κ3) is 9.84. The lowest BCUT2D eigenvalue weighted by molar-refractivity contribution is -0.122.